The quantitative estimate of drug-likeness (QED) is 0.845. The van der Waals surface area contributed by atoms with Crippen LogP contribution in [0.3, 0.4) is 0 Å². The molecule has 2 aromatic rings. The Morgan fingerprint density at radius 2 is 1.05 bits per heavy atom. The molecule has 0 aliphatic heterocycles. The molecule has 3 rings (SSSR count). The SMILES string of the molecule is c1ccc(CNC2CCCC[C@H]2NCc2ccccc2)cc1. The van der Waals surface area contributed by atoms with E-state index >= 15 is 0 Å². The van der Waals surface area contributed by atoms with E-state index in [2.05, 4.69) is 71.3 Å². The predicted molar refractivity (Wildman–Crippen MR) is 92.6 cm³/mol. The second-order valence-corrected chi connectivity index (χ2v) is 6.23. The molecule has 116 valence electrons. The normalized spacial score (nSPS) is 21.6. The van der Waals surface area contributed by atoms with Crippen LogP contribution < -0.4 is 10.6 Å². The van der Waals surface area contributed by atoms with Gasteiger partial charge in [-0.05, 0) is 24.0 Å². The van der Waals surface area contributed by atoms with E-state index in [0.717, 1.165) is 13.1 Å². The van der Waals surface area contributed by atoms with Crippen LogP contribution in [-0.2, 0) is 13.1 Å². The van der Waals surface area contributed by atoms with Gasteiger partial charge in [-0.1, -0.05) is 73.5 Å². The summed E-state index contributed by atoms with van der Waals surface area (Å²) in [7, 11) is 0. The Balaban J connectivity index is 1.52. The van der Waals surface area contributed by atoms with E-state index in [-0.39, 0.29) is 0 Å². The molecule has 0 heterocycles. The van der Waals surface area contributed by atoms with Gasteiger partial charge in [-0.3, -0.25) is 0 Å². The summed E-state index contributed by atoms with van der Waals surface area (Å²) in [5.74, 6) is 0. The third-order valence-electron chi connectivity index (χ3n) is 4.59. The number of benzene rings is 2. The molecule has 2 aromatic carbocycles. The largest absolute Gasteiger partial charge is 0.308 e. The minimum atomic E-state index is 0.581. The first-order chi connectivity index (χ1) is 10.9. The lowest BCUT2D eigenvalue weighted by Gasteiger charge is -2.33. The van der Waals surface area contributed by atoms with Crippen LogP contribution in [-0.4, -0.2) is 12.1 Å². The molecule has 0 radical (unpaired) electrons. The standard InChI is InChI=1S/C20H26N2/c1-3-9-17(10-4-1)15-21-19-13-7-8-14-20(19)22-16-18-11-5-2-6-12-18/h1-6,9-12,19-22H,7-8,13-16H2/t19-,20?/m1/s1. The fraction of sp³-hybridized carbons (Fsp3) is 0.400. The number of hydrogen-bond acceptors (Lipinski definition) is 2. The first kappa shape index (κ1) is 15.3. The third-order valence-corrected chi connectivity index (χ3v) is 4.59. The maximum atomic E-state index is 3.76. The molecule has 0 spiro atoms. The molecule has 1 aliphatic carbocycles. The van der Waals surface area contributed by atoms with E-state index in [1.165, 1.54) is 36.8 Å². The van der Waals surface area contributed by atoms with Crippen LogP contribution in [0.4, 0.5) is 0 Å². The maximum Gasteiger partial charge on any atom is 0.0224 e. The molecule has 1 aliphatic rings. The molecule has 1 unspecified atom stereocenters. The van der Waals surface area contributed by atoms with Crippen LogP contribution >= 0.6 is 0 Å². The fourth-order valence-corrected chi connectivity index (χ4v) is 3.31. The summed E-state index contributed by atoms with van der Waals surface area (Å²) in [5, 5.41) is 7.52. The summed E-state index contributed by atoms with van der Waals surface area (Å²) in [6, 6.07) is 22.6. The minimum absolute atomic E-state index is 0.581. The highest BCUT2D eigenvalue weighted by molar-refractivity contribution is 5.15. The van der Waals surface area contributed by atoms with E-state index in [9.17, 15) is 0 Å². The second-order valence-electron chi connectivity index (χ2n) is 6.23. The smallest absolute Gasteiger partial charge is 0.0224 e. The molecule has 0 bridgehead atoms. The zero-order chi connectivity index (χ0) is 15.0. The molecule has 1 saturated carbocycles. The Bertz CT molecular complexity index is 487. The van der Waals surface area contributed by atoms with E-state index in [1.807, 2.05) is 0 Å². The molecule has 22 heavy (non-hydrogen) atoms. The third kappa shape index (κ3) is 4.43. The Labute approximate surface area is 134 Å². The summed E-state index contributed by atoms with van der Waals surface area (Å²) in [5.41, 5.74) is 2.74. The fourth-order valence-electron chi connectivity index (χ4n) is 3.31. The van der Waals surface area contributed by atoms with Crippen LogP contribution in [0.1, 0.15) is 36.8 Å². The van der Waals surface area contributed by atoms with Gasteiger partial charge in [-0.15, -0.1) is 0 Å². The van der Waals surface area contributed by atoms with Crippen molar-refractivity contribution in [2.45, 2.75) is 50.9 Å². The zero-order valence-corrected chi connectivity index (χ0v) is 13.2. The molecule has 1 fully saturated rings. The zero-order valence-electron chi connectivity index (χ0n) is 13.2. The van der Waals surface area contributed by atoms with Crippen molar-refractivity contribution < 1.29 is 0 Å². The lowest BCUT2D eigenvalue weighted by Crippen LogP contribution is -2.49. The van der Waals surface area contributed by atoms with Gasteiger partial charge < -0.3 is 10.6 Å². The van der Waals surface area contributed by atoms with Crippen molar-refractivity contribution in [2.75, 3.05) is 0 Å². The molecule has 0 aromatic heterocycles. The maximum absolute atomic E-state index is 3.76. The van der Waals surface area contributed by atoms with Gasteiger partial charge in [-0.2, -0.15) is 0 Å². The predicted octanol–water partition coefficient (Wildman–Crippen LogP) is 3.88. The lowest BCUT2D eigenvalue weighted by atomic mass is 9.90. The summed E-state index contributed by atoms with van der Waals surface area (Å²) in [6.45, 7) is 1.93. The van der Waals surface area contributed by atoms with Gasteiger partial charge in [0.2, 0.25) is 0 Å². The lowest BCUT2D eigenvalue weighted by molar-refractivity contribution is 0.281. The van der Waals surface area contributed by atoms with E-state index in [4.69, 9.17) is 0 Å². The Morgan fingerprint density at radius 3 is 1.45 bits per heavy atom. The summed E-state index contributed by atoms with van der Waals surface area (Å²) in [4.78, 5) is 0. The molecular formula is C20H26N2. The van der Waals surface area contributed by atoms with Crippen molar-refractivity contribution in [2.24, 2.45) is 0 Å². The van der Waals surface area contributed by atoms with Crippen LogP contribution in [0, 0.1) is 0 Å². The molecule has 2 atom stereocenters. The Kier molecular flexibility index (Phi) is 5.63. The number of rotatable bonds is 6. The summed E-state index contributed by atoms with van der Waals surface area (Å²) < 4.78 is 0. The van der Waals surface area contributed by atoms with E-state index in [0.29, 0.717) is 12.1 Å². The second kappa shape index (κ2) is 8.11. The van der Waals surface area contributed by atoms with Crippen molar-refractivity contribution >= 4 is 0 Å². The Morgan fingerprint density at radius 1 is 0.636 bits per heavy atom. The Hall–Kier alpha value is -1.64. The van der Waals surface area contributed by atoms with Crippen molar-refractivity contribution in [3.05, 3.63) is 71.8 Å². The van der Waals surface area contributed by atoms with Gasteiger partial charge in [0, 0.05) is 25.2 Å². The van der Waals surface area contributed by atoms with Crippen LogP contribution in [0.2, 0.25) is 0 Å². The van der Waals surface area contributed by atoms with Gasteiger partial charge in [0.15, 0.2) is 0 Å². The number of hydrogen-bond donors (Lipinski definition) is 2. The monoisotopic (exact) mass is 294 g/mol. The molecular weight excluding hydrogens is 268 g/mol. The van der Waals surface area contributed by atoms with E-state index in [1.54, 1.807) is 0 Å². The molecule has 0 saturated heterocycles. The highest BCUT2D eigenvalue weighted by Gasteiger charge is 2.23. The van der Waals surface area contributed by atoms with Crippen molar-refractivity contribution in [1.29, 1.82) is 0 Å². The van der Waals surface area contributed by atoms with Crippen molar-refractivity contribution in [3.63, 3.8) is 0 Å². The summed E-state index contributed by atoms with van der Waals surface area (Å²) in [6.07, 6.45) is 5.24. The molecule has 0 amide bonds. The minimum Gasteiger partial charge on any atom is -0.308 e. The molecule has 2 N–H and O–H groups in total. The average Bonchev–Trinajstić information content (AvgIpc) is 2.61. The first-order valence-corrected chi connectivity index (χ1v) is 8.46. The topological polar surface area (TPSA) is 24.1 Å². The van der Waals surface area contributed by atoms with Gasteiger partial charge >= 0.3 is 0 Å². The van der Waals surface area contributed by atoms with E-state index < -0.39 is 0 Å². The summed E-state index contributed by atoms with van der Waals surface area (Å²) >= 11 is 0. The molecule has 2 nitrogen and oxygen atoms in total. The first-order valence-electron chi connectivity index (χ1n) is 8.46. The highest BCUT2D eigenvalue weighted by Crippen LogP contribution is 2.19. The average molecular weight is 294 g/mol. The molecule has 2 heteroatoms. The van der Waals surface area contributed by atoms with Gasteiger partial charge in [0.1, 0.15) is 0 Å². The van der Waals surface area contributed by atoms with Crippen molar-refractivity contribution in [3.8, 4) is 0 Å². The highest BCUT2D eigenvalue weighted by atomic mass is 15.0. The van der Waals surface area contributed by atoms with Gasteiger partial charge in [0.05, 0.1) is 0 Å². The van der Waals surface area contributed by atoms with Crippen LogP contribution in [0.5, 0.6) is 0 Å². The van der Waals surface area contributed by atoms with Crippen LogP contribution in [0.15, 0.2) is 60.7 Å². The van der Waals surface area contributed by atoms with Crippen LogP contribution in [0.25, 0.3) is 0 Å². The van der Waals surface area contributed by atoms with Crippen molar-refractivity contribution in [1.82, 2.24) is 10.6 Å². The van der Waals surface area contributed by atoms with Gasteiger partial charge in [0.25, 0.3) is 0 Å². The number of nitrogens with one attached hydrogen (secondary N) is 2. The van der Waals surface area contributed by atoms with Gasteiger partial charge in [-0.25, -0.2) is 0 Å².